The Balaban J connectivity index is -0.00000000381. The van der Waals surface area contributed by atoms with Gasteiger partial charge in [-0.2, -0.15) is 0 Å². The number of halogens is 3. The zero-order valence-corrected chi connectivity index (χ0v) is 20.1. The Hall–Kier alpha value is 5.99. The van der Waals surface area contributed by atoms with Crippen LogP contribution in [0.5, 0.6) is 0 Å². The molecule has 0 aliphatic heterocycles. The third kappa shape index (κ3) is 100. The molecule has 0 saturated heterocycles. The molecule has 0 aromatic carbocycles. The van der Waals surface area contributed by atoms with Crippen molar-refractivity contribution in [2.45, 2.75) is 0 Å². The minimum atomic E-state index is -5.17. The zero-order valence-electron chi connectivity index (χ0n) is 6.59. The first-order chi connectivity index (χ1) is 2.00. The fraction of sp³-hybridized carbons (Fsp3) is 0. The van der Waals surface area contributed by atoms with Crippen LogP contribution in [0.2, 0.25) is 0 Å². The molecule has 0 N–H and O–H groups in total. The van der Waals surface area contributed by atoms with E-state index >= 15 is 0 Å². The van der Waals surface area contributed by atoms with Crippen LogP contribution < -0.4 is 152 Å². The maximum absolute atomic E-state index is 8.52. The van der Waals surface area contributed by atoms with Crippen molar-refractivity contribution < 1.29 is 169 Å². The van der Waals surface area contributed by atoms with Crippen molar-refractivity contribution in [3.05, 3.63) is 0 Å². The van der Waals surface area contributed by atoms with Crippen molar-refractivity contribution in [2.75, 3.05) is 0 Å². The Labute approximate surface area is 219 Å². The molecular formula is Cl2IK2Mg2O4S+. The van der Waals surface area contributed by atoms with Crippen LogP contribution in [0.4, 0.5) is 0 Å². The maximum Gasteiger partial charge on any atom is 2.00 e. The molecule has 0 bridgehead atoms. The van der Waals surface area contributed by atoms with Gasteiger partial charge in [0.25, 0.3) is 0 Å². The first-order valence-electron chi connectivity index (χ1n) is 0.667. The van der Waals surface area contributed by atoms with Crippen molar-refractivity contribution in [3.8, 4) is 0 Å². The van der Waals surface area contributed by atoms with E-state index in [1.165, 1.54) is 0 Å². The van der Waals surface area contributed by atoms with Crippen LogP contribution in [0.15, 0.2) is 0 Å². The van der Waals surface area contributed by atoms with Crippen molar-refractivity contribution in [1.29, 1.82) is 0 Å². The quantitative estimate of drug-likeness (QED) is 0.169. The van der Waals surface area contributed by atoms with Gasteiger partial charge in [0.2, 0.25) is 0 Å². The molecule has 0 spiro atoms. The van der Waals surface area contributed by atoms with E-state index in [2.05, 4.69) is 0 Å². The SMILES string of the molecule is O=S(=O)([O-])[O-].[Cl-].[Cl-].[I-].[K+].[K+].[Mg+2].[Mg+2]. The summed E-state index contributed by atoms with van der Waals surface area (Å²) in [6.45, 7) is 0. The van der Waals surface area contributed by atoms with Crippen molar-refractivity contribution in [2.24, 2.45) is 0 Å². The normalized spacial score (nSPS) is 4.83. The molecule has 4 nitrogen and oxygen atoms in total. The second kappa shape index (κ2) is 30.2. The minimum Gasteiger partial charge on any atom is -1.00 e. The molecule has 0 saturated carbocycles. The summed E-state index contributed by atoms with van der Waals surface area (Å²) in [7, 11) is -5.17. The third-order valence-electron chi connectivity index (χ3n) is 0. The van der Waals surface area contributed by atoms with Gasteiger partial charge in [-0.3, -0.25) is 8.42 Å². The summed E-state index contributed by atoms with van der Waals surface area (Å²) in [5.41, 5.74) is 0. The molecule has 0 aliphatic rings. The van der Waals surface area contributed by atoms with E-state index in [0.717, 1.165) is 0 Å². The summed E-state index contributed by atoms with van der Waals surface area (Å²) in [5, 5.41) is 0. The van der Waals surface area contributed by atoms with Crippen LogP contribution in [0.1, 0.15) is 0 Å². The van der Waals surface area contributed by atoms with Gasteiger partial charge >= 0.3 is 149 Å². The van der Waals surface area contributed by atoms with Crippen LogP contribution in [-0.2, 0) is 10.4 Å². The average molecular weight is 421 g/mol. The Kier molecular flexibility index (Phi) is 131. The van der Waals surface area contributed by atoms with Crippen LogP contribution in [0.25, 0.3) is 0 Å². The van der Waals surface area contributed by atoms with E-state index in [1.54, 1.807) is 0 Å². The summed E-state index contributed by atoms with van der Waals surface area (Å²) >= 11 is 0. The standard InChI is InChI=1S/2ClH.HI.2K.2Mg.H2O4S/c;;;;;;;1-5(2,3)4/h3*1H;;;;;(H2,1,2,3,4)/q;;;2*+1;2*+2;/p-5. The molecule has 12 heteroatoms. The van der Waals surface area contributed by atoms with E-state index in [4.69, 9.17) is 17.5 Å². The topological polar surface area (TPSA) is 80.3 Å². The minimum absolute atomic E-state index is 0. The summed E-state index contributed by atoms with van der Waals surface area (Å²) in [5.74, 6) is 0. The predicted octanol–water partition coefficient (Wildman–Crippen LogP) is -17.1. The van der Waals surface area contributed by atoms with Crippen molar-refractivity contribution >= 4 is 56.5 Å². The monoisotopic (exact) mass is 419 g/mol. The summed E-state index contributed by atoms with van der Waals surface area (Å²) in [6, 6.07) is 0. The summed E-state index contributed by atoms with van der Waals surface area (Å²) in [6.07, 6.45) is 0. The van der Waals surface area contributed by atoms with Gasteiger partial charge in [0.15, 0.2) is 0 Å². The Bertz CT molecular complexity index is 112. The molecule has 12 heavy (non-hydrogen) atoms. The van der Waals surface area contributed by atoms with Gasteiger partial charge in [-0.1, -0.05) is 0 Å². The van der Waals surface area contributed by atoms with Crippen LogP contribution >= 0.6 is 0 Å². The number of hydrogen-bond acceptors (Lipinski definition) is 4. The molecule has 0 fully saturated rings. The van der Waals surface area contributed by atoms with Crippen LogP contribution in [-0.4, -0.2) is 63.6 Å². The molecule has 0 amide bonds. The third-order valence-corrected chi connectivity index (χ3v) is 0. The molecule has 0 aliphatic carbocycles. The second-order valence-corrected chi connectivity index (χ2v) is 1.22. The van der Waals surface area contributed by atoms with Gasteiger partial charge in [0.05, 0.1) is 0 Å². The molecule has 0 radical (unpaired) electrons. The fourth-order valence-corrected chi connectivity index (χ4v) is 0. The number of hydrogen-bond donors (Lipinski definition) is 0. The van der Waals surface area contributed by atoms with Gasteiger partial charge in [-0.05, 0) is 0 Å². The second-order valence-electron chi connectivity index (χ2n) is 0.408. The van der Waals surface area contributed by atoms with E-state index in [0.29, 0.717) is 0 Å². The van der Waals surface area contributed by atoms with Crippen LogP contribution in [0, 0.1) is 0 Å². The zero-order chi connectivity index (χ0) is 4.50. The number of rotatable bonds is 0. The van der Waals surface area contributed by atoms with Gasteiger partial charge in [0, 0.05) is 10.4 Å². The molecule has 0 atom stereocenters. The molecular weight excluding hydrogens is 421 g/mol. The van der Waals surface area contributed by atoms with Crippen molar-refractivity contribution in [3.63, 3.8) is 0 Å². The van der Waals surface area contributed by atoms with E-state index in [9.17, 15) is 0 Å². The van der Waals surface area contributed by atoms with E-state index < -0.39 is 10.4 Å². The van der Waals surface area contributed by atoms with Gasteiger partial charge in [-0.15, -0.1) is 0 Å². The predicted molar refractivity (Wildman–Crippen MR) is 22.0 cm³/mol. The molecule has 56 valence electrons. The summed E-state index contributed by atoms with van der Waals surface area (Å²) < 4.78 is 34.1. The molecule has 0 aromatic heterocycles. The van der Waals surface area contributed by atoms with Crippen LogP contribution in [0.3, 0.4) is 0 Å². The van der Waals surface area contributed by atoms with Gasteiger partial charge in [-0.25, -0.2) is 0 Å². The Morgan fingerprint density at radius 1 is 0.833 bits per heavy atom. The molecule has 0 heterocycles. The largest absolute Gasteiger partial charge is 2.00 e. The van der Waals surface area contributed by atoms with Gasteiger partial charge in [0.1, 0.15) is 0 Å². The maximum atomic E-state index is 8.52. The van der Waals surface area contributed by atoms with Gasteiger partial charge < -0.3 is 57.9 Å². The van der Waals surface area contributed by atoms with E-state index in [1.807, 2.05) is 0 Å². The molecule has 0 rings (SSSR count). The summed E-state index contributed by atoms with van der Waals surface area (Å²) in [4.78, 5) is 0. The molecule has 0 unspecified atom stereocenters. The first-order valence-corrected chi connectivity index (χ1v) is 2.00. The average Bonchev–Trinajstić information content (AvgIpc) is 0.722. The Morgan fingerprint density at radius 3 is 0.833 bits per heavy atom. The fourth-order valence-electron chi connectivity index (χ4n) is 0. The smallest absolute Gasteiger partial charge is 1.00 e. The van der Waals surface area contributed by atoms with E-state index in [-0.39, 0.29) is 198 Å². The first kappa shape index (κ1) is 52.0. The Morgan fingerprint density at radius 2 is 0.833 bits per heavy atom. The van der Waals surface area contributed by atoms with Crippen molar-refractivity contribution in [1.82, 2.24) is 0 Å². The molecule has 0 aromatic rings.